The van der Waals surface area contributed by atoms with E-state index in [0.717, 1.165) is 0 Å². The fourth-order valence-electron chi connectivity index (χ4n) is 2.61. The number of nitriles is 1. The number of piperidine rings is 1. The zero-order chi connectivity index (χ0) is 14.7. The molecule has 0 aromatic heterocycles. The number of carbonyl (C=O) groups is 1. The number of halogens is 2. The zero-order valence-electron chi connectivity index (χ0n) is 10.7. The lowest BCUT2D eigenvalue weighted by molar-refractivity contribution is 0.122. The van der Waals surface area contributed by atoms with Gasteiger partial charge in [0.25, 0.3) is 0 Å². The van der Waals surface area contributed by atoms with Gasteiger partial charge < -0.3 is 10.0 Å². The smallest absolute Gasteiger partial charge is 0.407 e. The Labute approximate surface area is 121 Å². The van der Waals surface area contributed by atoms with Crippen molar-refractivity contribution in [2.75, 3.05) is 13.1 Å². The van der Waals surface area contributed by atoms with Gasteiger partial charge in [0, 0.05) is 23.7 Å². The van der Waals surface area contributed by atoms with Gasteiger partial charge in [-0.1, -0.05) is 17.7 Å². The van der Waals surface area contributed by atoms with Gasteiger partial charge in [-0.05, 0) is 30.9 Å². The molecule has 106 valence electrons. The Morgan fingerprint density at radius 3 is 2.65 bits per heavy atom. The molecule has 1 saturated heterocycles. The minimum absolute atomic E-state index is 0.0359. The summed E-state index contributed by atoms with van der Waals surface area (Å²) in [6.45, 7) is 0.765. The first-order valence-electron chi connectivity index (χ1n) is 6.35. The molecule has 0 spiro atoms. The van der Waals surface area contributed by atoms with E-state index in [2.05, 4.69) is 6.07 Å². The average molecular weight is 297 g/mol. The van der Waals surface area contributed by atoms with E-state index in [4.69, 9.17) is 16.7 Å². The molecule has 1 aliphatic rings. The van der Waals surface area contributed by atoms with Gasteiger partial charge in [0.1, 0.15) is 5.82 Å². The summed E-state index contributed by atoms with van der Waals surface area (Å²) >= 11 is 5.71. The van der Waals surface area contributed by atoms with E-state index in [0.29, 0.717) is 36.5 Å². The van der Waals surface area contributed by atoms with Crippen LogP contribution in [0.1, 0.15) is 24.3 Å². The highest BCUT2D eigenvalue weighted by Crippen LogP contribution is 2.34. The summed E-state index contributed by atoms with van der Waals surface area (Å²) in [5.41, 5.74) is 0.339. The fraction of sp³-hybridized carbons (Fsp3) is 0.429. The Morgan fingerprint density at radius 2 is 2.15 bits per heavy atom. The third kappa shape index (κ3) is 3.02. The summed E-state index contributed by atoms with van der Waals surface area (Å²) in [6.07, 6.45) is 0.175. The first kappa shape index (κ1) is 14.6. The summed E-state index contributed by atoms with van der Waals surface area (Å²) in [7, 11) is 0. The molecule has 20 heavy (non-hydrogen) atoms. The molecular formula is C14H14ClFN2O2. The molecular weight excluding hydrogens is 283 g/mol. The number of benzene rings is 1. The molecule has 1 aromatic carbocycles. The van der Waals surface area contributed by atoms with Crippen molar-refractivity contribution in [2.45, 2.75) is 18.8 Å². The maximum Gasteiger partial charge on any atom is 0.407 e. The van der Waals surface area contributed by atoms with Crippen LogP contribution in [0.15, 0.2) is 18.2 Å². The van der Waals surface area contributed by atoms with Crippen LogP contribution < -0.4 is 0 Å². The molecule has 6 heteroatoms. The predicted octanol–water partition coefficient (Wildman–Crippen LogP) is 3.48. The quantitative estimate of drug-likeness (QED) is 0.908. The van der Waals surface area contributed by atoms with Crippen LogP contribution in [-0.4, -0.2) is 29.2 Å². The van der Waals surface area contributed by atoms with Gasteiger partial charge in [-0.15, -0.1) is 0 Å². The highest BCUT2D eigenvalue weighted by Gasteiger charge is 2.30. The van der Waals surface area contributed by atoms with Crippen LogP contribution >= 0.6 is 11.6 Å². The first-order chi connectivity index (χ1) is 9.52. The molecule has 0 bridgehead atoms. The van der Waals surface area contributed by atoms with E-state index < -0.39 is 17.8 Å². The Balaban J connectivity index is 2.14. The van der Waals surface area contributed by atoms with E-state index >= 15 is 0 Å². The van der Waals surface area contributed by atoms with Crippen molar-refractivity contribution in [2.24, 2.45) is 5.92 Å². The van der Waals surface area contributed by atoms with Crippen molar-refractivity contribution >= 4 is 17.7 Å². The number of hydrogen-bond acceptors (Lipinski definition) is 2. The van der Waals surface area contributed by atoms with Crippen LogP contribution in [0.25, 0.3) is 0 Å². The maximum absolute atomic E-state index is 13.9. The monoisotopic (exact) mass is 296 g/mol. The molecule has 1 N–H and O–H groups in total. The highest BCUT2D eigenvalue weighted by atomic mass is 35.5. The van der Waals surface area contributed by atoms with Crippen molar-refractivity contribution < 1.29 is 14.3 Å². The lowest BCUT2D eigenvalue weighted by Crippen LogP contribution is -2.38. The predicted molar refractivity (Wildman–Crippen MR) is 72.1 cm³/mol. The van der Waals surface area contributed by atoms with Crippen LogP contribution in [0.2, 0.25) is 5.02 Å². The number of carboxylic acid groups (broad SMARTS) is 1. The summed E-state index contributed by atoms with van der Waals surface area (Å²) in [5, 5.41) is 18.5. The second kappa shape index (κ2) is 6.10. The minimum atomic E-state index is -0.949. The van der Waals surface area contributed by atoms with E-state index in [1.165, 1.54) is 17.0 Å². The van der Waals surface area contributed by atoms with Crippen LogP contribution in [0.5, 0.6) is 0 Å². The Morgan fingerprint density at radius 1 is 1.50 bits per heavy atom. The average Bonchev–Trinajstić information content (AvgIpc) is 2.42. The lowest BCUT2D eigenvalue weighted by Gasteiger charge is -2.32. The van der Waals surface area contributed by atoms with Crippen molar-refractivity contribution in [1.29, 1.82) is 5.26 Å². The zero-order valence-corrected chi connectivity index (χ0v) is 11.5. The van der Waals surface area contributed by atoms with Crippen molar-refractivity contribution in [1.82, 2.24) is 4.90 Å². The number of hydrogen-bond donors (Lipinski definition) is 1. The minimum Gasteiger partial charge on any atom is -0.465 e. The SMILES string of the molecule is N#CC(c1ccc(Cl)cc1F)C1CCN(C(=O)O)CC1. The third-order valence-corrected chi connectivity index (χ3v) is 3.95. The molecule has 4 nitrogen and oxygen atoms in total. The van der Waals surface area contributed by atoms with Gasteiger partial charge in [-0.3, -0.25) is 0 Å². The molecule has 1 amide bonds. The van der Waals surface area contributed by atoms with Gasteiger partial charge >= 0.3 is 6.09 Å². The molecule has 1 fully saturated rings. The van der Waals surface area contributed by atoms with E-state index in [-0.39, 0.29) is 5.92 Å². The Kier molecular flexibility index (Phi) is 4.46. The third-order valence-electron chi connectivity index (χ3n) is 3.72. The normalized spacial score (nSPS) is 17.6. The second-order valence-electron chi connectivity index (χ2n) is 4.88. The molecule has 0 saturated carbocycles. The largest absolute Gasteiger partial charge is 0.465 e. The standard InChI is InChI=1S/C14H14ClFN2O2/c15-10-1-2-11(13(16)7-10)12(8-17)9-3-5-18(6-4-9)14(19)20/h1-2,7,9,12H,3-6H2,(H,19,20). The second-order valence-corrected chi connectivity index (χ2v) is 5.32. The lowest BCUT2D eigenvalue weighted by atomic mass is 9.81. The van der Waals surface area contributed by atoms with Gasteiger partial charge in [0.2, 0.25) is 0 Å². The first-order valence-corrected chi connectivity index (χ1v) is 6.73. The van der Waals surface area contributed by atoms with Crippen LogP contribution in [-0.2, 0) is 0 Å². The van der Waals surface area contributed by atoms with Gasteiger partial charge in [0.15, 0.2) is 0 Å². The summed E-state index contributed by atoms with van der Waals surface area (Å²) in [5.74, 6) is -1.08. The molecule has 1 heterocycles. The number of likely N-dealkylation sites (tertiary alicyclic amines) is 1. The van der Waals surface area contributed by atoms with Crippen LogP contribution in [0.3, 0.4) is 0 Å². The van der Waals surface area contributed by atoms with Crippen molar-refractivity contribution in [3.8, 4) is 6.07 Å². The topological polar surface area (TPSA) is 64.3 Å². The molecule has 1 aliphatic heterocycles. The van der Waals surface area contributed by atoms with Gasteiger partial charge in [0.05, 0.1) is 12.0 Å². The fourth-order valence-corrected chi connectivity index (χ4v) is 2.77. The Bertz CT molecular complexity index is 551. The van der Waals surface area contributed by atoms with Crippen LogP contribution in [0.4, 0.5) is 9.18 Å². The molecule has 0 aliphatic carbocycles. The molecule has 1 atom stereocenters. The number of nitrogens with zero attached hydrogens (tertiary/aromatic N) is 2. The summed E-state index contributed by atoms with van der Waals surface area (Å²) < 4.78 is 13.9. The number of rotatable bonds is 2. The molecule has 0 radical (unpaired) electrons. The Hall–Kier alpha value is -1.80. The molecule has 2 rings (SSSR count). The van der Waals surface area contributed by atoms with E-state index in [9.17, 15) is 14.4 Å². The van der Waals surface area contributed by atoms with Crippen molar-refractivity contribution in [3.63, 3.8) is 0 Å². The summed E-state index contributed by atoms with van der Waals surface area (Å²) in [6, 6.07) is 6.45. The maximum atomic E-state index is 13.9. The van der Waals surface area contributed by atoms with E-state index in [1.54, 1.807) is 6.07 Å². The van der Waals surface area contributed by atoms with E-state index in [1.807, 2.05) is 0 Å². The molecule has 1 aromatic rings. The van der Waals surface area contributed by atoms with Gasteiger partial charge in [-0.2, -0.15) is 5.26 Å². The van der Waals surface area contributed by atoms with Crippen molar-refractivity contribution in [3.05, 3.63) is 34.6 Å². The van der Waals surface area contributed by atoms with Gasteiger partial charge in [-0.25, -0.2) is 9.18 Å². The number of amides is 1. The molecule has 1 unspecified atom stereocenters. The summed E-state index contributed by atoms with van der Waals surface area (Å²) in [4.78, 5) is 12.2. The highest BCUT2D eigenvalue weighted by molar-refractivity contribution is 6.30. The van der Waals surface area contributed by atoms with Crippen LogP contribution in [0, 0.1) is 23.1 Å².